The summed E-state index contributed by atoms with van der Waals surface area (Å²) in [5, 5.41) is 19.5. The van der Waals surface area contributed by atoms with Crippen molar-refractivity contribution in [1.82, 2.24) is 24.4 Å². The lowest BCUT2D eigenvalue weighted by molar-refractivity contribution is -0.0583. The molecule has 2 aromatic rings. The number of nitrogens with one attached hydrogen (secondary N) is 1. The fourth-order valence-electron chi connectivity index (χ4n) is 2.68. The number of imidazole rings is 1. The number of aliphatic imine (C=N–C) groups is 1. The summed E-state index contributed by atoms with van der Waals surface area (Å²) < 4.78 is 12.4. The van der Waals surface area contributed by atoms with Crippen molar-refractivity contribution in [1.29, 1.82) is 0 Å². The molecular formula is C14H20N6O5. The minimum Gasteiger partial charge on any atom is -0.394 e. The molecule has 1 aliphatic heterocycles. The number of hydrogen-bond acceptors (Lipinski definition) is 8. The molecule has 0 spiro atoms. The molecule has 2 aromatic heterocycles. The largest absolute Gasteiger partial charge is 0.394 e. The molecule has 3 N–H and O–H groups in total. The van der Waals surface area contributed by atoms with Gasteiger partial charge in [0.1, 0.15) is 18.3 Å². The van der Waals surface area contributed by atoms with Crippen LogP contribution in [-0.4, -0.2) is 87.1 Å². The van der Waals surface area contributed by atoms with Gasteiger partial charge in [-0.05, 0) is 0 Å². The standard InChI is InChI=1S/C14H20N6O5/c1-19(2)5-16-14-17-11-8(12(23)18-14)15-6-20(11)13-10(24-3)9(22)7(4-21)25-13/h5-7,9-10,13,21-22H,4H2,1-3H3,(H,17,18,23)/t7-,9?,10?,13-/m1/s1. The molecule has 0 aliphatic carbocycles. The average Bonchev–Trinajstić information content (AvgIpc) is 3.13. The monoisotopic (exact) mass is 352 g/mol. The molecule has 11 nitrogen and oxygen atoms in total. The highest BCUT2D eigenvalue weighted by atomic mass is 16.6. The van der Waals surface area contributed by atoms with Gasteiger partial charge in [-0.25, -0.2) is 9.98 Å². The molecule has 3 rings (SSSR count). The summed E-state index contributed by atoms with van der Waals surface area (Å²) in [6.07, 6.45) is -0.478. The molecule has 1 fully saturated rings. The van der Waals surface area contributed by atoms with Crippen molar-refractivity contribution in [3.05, 3.63) is 16.7 Å². The van der Waals surface area contributed by atoms with E-state index in [2.05, 4.69) is 19.9 Å². The van der Waals surface area contributed by atoms with Gasteiger partial charge >= 0.3 is 0 Å². The van der Waals surface area contributed by atoms with Gasteiger partial charge in [0.05, 0.1) is 19.3 Å². The fourth-order valence-corrected chi connectivity index (χ4v) is 2.68. The van der Waals surface area contributed by atoms with Crippen LogP contribution >= 0.6 is 0 Å². The van der Waals surface area contributed by atoms with Crippen LogP contribution in [0.3, 0.4) is 0 Å². The summed E-state index contributed by atoms with van der Waals surface area (Å²) >= 11 is 0. The normalized spacial score (nSPS) is 26.8. The van der Waals surface area contributed by atoms with E-state index in [-0.39, 0.29) is 23.7 Å². The van der Waals surface area contributed by atoms with Crippen molar-refractivity contribution in [3.8, 4) is 0 Å². The van der Waals surface area contributed by atoms with Crippen LogP contribution in [0.2, 0.25) is 0 Å². The highest BCUT2D eigenvalue weighted by Crippen LogP contribution is 2.32. The molecule has 11 heteroatoms. The summed E-state index contributed by atoms with van der Waals surface area (Å²) in [7, 11) is 5.00. The Morgan fingerprint density at radius 1 is 1.56 bits per heavy atom. The van der Waals surface area contributed by atoms with Gasteiger partial charge in [0, 0.05) is 21.2 Å². The molecule has 0 bridgehead atoms. The first-order valence-electron chi connectivity index (χ1n) is 7.61. The summed E-state index contributed by atoms with van der Waals surface area (Å²) in [5.74, 6) is 0.110. The minimum absolute atomic E-state index is 0.110. The Kier molecular flexibility index (Phi) is 4.81. The third kappa shape index (κ3) is 3.14. The Labute approximate surface area is 142 Å². The highest BCUT2D eigenvalue weighted by Gasteiger charge is 2.45. The van der Waals surface area contributed by atoms with E-state index in [1.807, 2.05) is 0 Å². The summed E-state index contributed by atoms with van der Waals surface area (Å²) in [4.78, 5) is 28.9. The lowest BCUT2D eigenvalue weighted by Gasteiger charge is -2.19. The molecule has 1 aliphatic rings. The number of ether oxygens (including phenoxy) is 2. The van der Waals surface area contributed by atoms with Crippen LogP contribution in [0.1, 0.15) is 6.23 Å². The molecule has 25 heavy (non-hydrogen) atoms. The highest BCUT2D eigenvalue weighted by molar-refractivity contribution is 5.71. The number of rotatable bonds is 5. The van der Waals surface area contributed by atoms with Crippen molar-refractivity contribution in [2.75, 3.05) is 27.8 Å². The zero-order valence-electron chi connectivity index (χ0n) is 14.0. The number of aromatic amines is 1. The first-order valence-corrected chi connectivity index (χ1v) is 7.61. The second-order valence-electron chi connectivity index (χ2n) is 5.86. The number of methoxy groups -OCH3 is 1. The van der Waals surface area contributed by atoms with Crippen LogP contribution in [-0.2, 0) is 9.47 Å². The Morgan fingerprint density at radius 2 is 2.32 bits per heavy atom. The molecule has 0 saturated carbocycles. The zero-order valence-corrected chi connectivity index (χ0v) is 14.0. The minimum atomic E-state index is -1.02. The smallest absolute Gasteiger partial charge is 0.280 e. The number of nitrogens with zero attached hydrogens (tertiary/aromatic N) is 5. The maximum absolute atomic E-state index is 12.2. The van der Waals surface area contributed by atoms with Crippen molar-refractivity contribution >= 4 is 23.5 Å². The summed E-state index contributed by atoms with van der Waals surface area (Å²) in [5.41, 5.74) is -0.0856. The molecule has 136 valence electrons. The molecule has 4 atom stereocenters. The summed E-state index contributed by atoms with van der Waals surface area (Å²) in [6, 6.07) is 0. The van der Waals surface area contributed by atoms with Crippen LogP contribution in [0.25, 0.3) is 11.2 Å². The Balaban J connectivity index is 2.06. The third-order valence-electron chi connectivity index (χ3n) is 3.87. The molecule has 0 amide bonds. The van der Waals surface area contributed by atoms with Gasteiger partial charge in [-0.3, -0.25) is 14.3 Å². The fraction of sp³-hybridized carbons (Fsp3) is 0.571. The van der Waals surface area contributed by atoms with E-state index in [0.29, 0.717) is 0 Å². The Bertz CT molecular complexity index is 831. The van der Waals surface area contributed by atoms with Gasteiger partial charge in [0.25, 0.3) is 5.56 Å². The van der Waals surface area contributed by atoms with Gasteiger partial charge in [0.2, 0.25) is 5.95 Å². The van der Waals surface area contributed by atoms with Gasteiger partial charge < -0.3 is 24.6 Å². The number of aliphatic hydroxyl groups is 2. The van der Waals surface area contributed by atoms with Gasteiger partial charge in [-0.15, -0.1) is 0 Å². The van der Waals surface area contributed by atoms with Crippen LogP contribution in [0, 0.1) is 0 Å². The van der Waals surface area contributed by atoms with Gasteiger partial charge in [0.15, 0.2) is 17.4 Å². The van der Waals surface area contributed by atoms with E-state index in [9.17, 15) is 15.0 Å². The van der Waals surface area contributed by atoms with Crippen molar-refractivity contribution in [2.45, 2.75) is 24.5 Å². The number of H-pyrrole nitrogens is 1. The number of fused-ring (bicyclic) bond motifs is 1. The predicted molar refractivity (Wildman–Crippen MR) is 87.8 cm³/mol. The van der Waals surface area contributed by atoms with E-state index in [0.717, 1.165) is 0 Å². The van der Waals surface area contributed by atoms with E-state index < -0.39 is 30.1 Å². The molecule has 2 unspecified atom stereocenters. The summed E-state index contributed by atoms with van der Waals surface area (Å²) in [6.45, 7) is -0.365. The molecule has 0 aromatic carbocycles. The first-order chi connectivity index (χ1) is 12.0. The SMILES string of the molecule is COC1C(O)[C@@H](CO)O[C@H]1n1cnc2c(=O)[nH]c(N=CN(C)C)nc21. The molecule has 0 radical (unpaired) electrons. The quantitative estimate of drug-likeness (QED) is 0.441. The topological polar surface area (TPSA) is 138 Å². The zero-order chi connectivity index (χ0) is 18.1. The second kappa shape index (κ2) is 6.88. The van der Waals surface area contributed by atoms with Crippen molar-refractivity contribution < 1.29 is 19.7 Å². The second-order valence-corrected chi connectivity index (χ2v) is 5.86. The Hall–Kier alpha value is -2.34. The van der Waals surface area contributed by atoms with Crippen LogP contribution < -0.4 is 5.56 Å². The van der Waals surface area contributed by atoms with Crippen molar-refractivity contribution in [3.63, 3.8) is 0 Å². The molecule has 3 heterocycles. The van der Waals surface area contributed by atoms with Gasteiger partial charge in [-0.2, -0.15) is 4.98 Å². The predicted octanol–water partition coefficient (Wildman–Crippen LogP) is -1.39. The number of aliphatic hydroxyl groups excluding tert-OH is 2. The third-order valence-corrected chi connectivity index (χ3v) is 3.87. The van der Waals surface area contributed by atoms with E-state index >= 15 is 0 Å². The maximum Gasteiger partial charge on any atom is 0.280 e. The molecular weight excluding hydrogens is 332 g/mol. The van der Waals surface area contributed by atoms with E-state index in [4.69, 9.17) is 9.47 Å². The first kappa shape index (κ1) is 17.5. The lowest BCUT2D eigenvalue weighted by Crippen LogP contribution is -2.34. The Morgan fingerprint density at radius 3 is 2.96 bits per heavy atom. The van der Waals surface area contributed by atoms with E-state index in [1.165, 1.54) is 24.3 Å². The lowest BCUT2D eigenvalue weighted by atomic mass is 10.1. The van der Waals surface area contributed by atoms with Crippen LogP contribution in [0.5, 0.6) is 0 Å². The van der Waals surface area contributed by atoms with Crippen LogP contribution in [0.4, 0.5) is 5.95 Å². The number of aromatic nitrogens is 4. The van der Waals surface area contributed by atoms with Crippen LogP contribution in [0.15, 0.2) is 16.1 Å². The van der Waals surface area contributed by atoms with Crippen molar-refractivity contribution in [2.24, 2.45) is 4.99 Å². The van der Waals surface area contributed by atoms with E-state index in [1.54, 1.807) is 19.0 Å². The molecule has 1 saturated heterocycles. The number of hydrogen-bond donors (Lipinski definition) is 3. The average molecular weight is 352 g/mol. The van der Waals surface area contributed by atoms with Gasteiger partial charge in [-0.1, -0.05) is 0 Å². The maximum atomic E-state index is 12.2.